The molecule has 0 spiro atoms. The summed E-state index contributed by atoms with van der Waals surface area (Å²) in [4.78, 5) is -0.161. The molecular formula is C11H17FN2O4S. The van der Waals surface area contributed by atoms with Crippen LogP contribution in [-0.2, 0) is 10.0 Å². The van der Waals surface area contributed by atoms with Crippen molar-refractivity contribution < 1.29 is 23.0 Å². The maximum atomic E-state index is 13.4. The number of anilines is 1. The van der Waals surface area contributed by atoms with Gasteiger partial charge in [-0.3, -0.25) is 0 Å². The highest BCUT2D eigenvalue weighted by atomic mass is 32.2. The number of sulfonamides is 1. The second kappa shape index (κ2) is 6.29. The average molecular weight is 292 g/mol. The minimum atomic E-state index is -3.92. The van der Waals surface area contributed by atoms with Crippen LogP contribution in [0.15, 0.2) is 17.0 Å². The molecule has 1 rings (SSSR count). The molecule has 8 heteroatoms. The normalized spacial score (nSPS) is 12.1. The first-order valence-electron chi connectivity index (χ1n) is 5.62. The van der Waals surface area contributed by atoms with E-state index in [2.05, 4.69) is 0 Å². The van der Waals surface area contributed by atoms with Crippen LogP contribution >= 0.6 is 0 Å². The van der Waals surface area contributed by atoms with E-state index in [-0.39, 0.29) is 42.4 Å². The van der Waals surface area contributed by atoms with Gasteiger partial charge in [0.15, 0.2) is 0 Å². The van der Waals surface area contributed by atoms with Gasteiger partial charge in [0.05, 0.1) is 23.8 Å². The number of hydrogen-bond acceptors (Lipinski definition) is 5. The van der Waals surface area contributed by atoms with E-state index in [1.54, 1.807) is 0 Å². The molecule has 19 heavy (non-hydrogen) atoms. The number of aliphatic hydroxyl groups excluding tert-OH is 2. The van der Waals surface area contributed by atoms with E-state index in [4.69, 9.17) is 15.9 Å². The van der Waals surface area contributed by atoms with Crippen molar-refractivity contribution in [2.24, 2.45) is 0 Å². The van der Waals surface area contributed by atoms with Crippen molar-refractivity contribution in [2.45, 2.75) is 11.8 Å². The quantitative estimate of drug-likeness (QED) is 0.624. The number of nitrogens with two attached hydrogens (primary N) is 1. The molecule has 0 atom stereocenters. The number of nitrogen functional groups attached to an aromatic ring is 1. The summed E-state index contributed by atoms with van der Waals surface area (Å²) in [5.41, 5.74) is 5.27. The maximum absolute atomic E-state index is 13.4. The second-order valence-corrected chi connectivity index (χ2v) is 5.93. The minimum Gasteiger partial charge on any atom is -0.396 e. The number of nitrogens with zero attached hydrogens (tertiary/aromatic N) is 1. The average Bonchev–Trinajstić information content (AvgIpc) is 2.35. The van der Waals surface area contributed by atoms with Crippen LogP contribution in [-0.4, -0.2) is 49.2 Å². The Bertz CT molecular complexity index is 519. The lowest BCUT2D eigenvalue weighted by Gasteiger charge is -2.20. The maximum Gasteiger partial charge on any atom is 0.243 e. The first kappa shape index (κ1) is 15.8. The minimum absolute atomic E-state index is 0.117. The molecule has 0 aliphatic carbocycles. The number of hydrogen-bond donors (Lipinski definition) is 3. The van der Waals surface area contributed by atoms with E-state index in [1.165, 1.54) is 13.0 Å². The number of halogens is 1. The molecule has 1 aromatic rings. The lowest BCUT2D eigenvalue weighted by Crippen LogP contribution is -2.36. The summed E-state index contributed by atoms with van der Waals surface area (Å²) in [6.07, 6.45) is 0. The topological polar surface area (TPSA) is 104 Å². The monoisotopic (exact) mass is 292 g/mol. The van der Waals surface area contributed by atoms with Gasteiger partial charge in [0.2, 0.25) is 10.0 Å². The van der Waals surface area contributed by atoms with Crippen LogP contribution in [0.3, 0.4) is 0 Å². The van der Waals surface area contributed by atoms with Crippen LogP contribution in [0.2, 0.25) is 0 Å². The molecule has 4 N–H and O–H groups in total. The first-order valence-corrected chi connectivity index (χ1v) is 7.06. The standard InChI is InChI=1S/C11H17FN2O4S/c1-8-6-9(7-10(13)11(8)12)19(17,18)14(2-4-15)3-5-16/h6-7,15-16H,2-5,13H2,1H3. The number of rotatable bonds is 6. The number of aliphatic hydroxyl groups is 2. The van der Waals surface area contributed by atoms with E-state index < -0.39 is 15.8 Å². The fourth-order valence-electron chi connectivity index (χ4n) is 1.64. The molecule has 0 aliphatic heterocycles. The Morgan fingerprint density at radius 2 is 1.79 bits per heavy atom. The Kier molecular flexibility index (Phi) is 5.24. The molecule has 0 heterocycles. The van der Waals surface area contributed by atoms with Gasteiger partial charge in [-0.25, -0.2) is 12.8 Å². The highest BCUT2D eigenvalue weighted by Gasteiger charge is 2.25. The van der Waals surface area contributed by atoms with Crippen molar-refractivity contribution in [1.29, 1.82) is 0 Å². The summed E-state index contributed by atoms with van der Waals surface area (Å²) >= 11 is 0. The number of aryl methyl sites for hydroxylation is 1. The van der Waals surface area contributed by atoms with E-state index in [1.807, 2.05) is 0 Å². The third-order valence-corrected chi connectivity index (χ3v) is 4.47. The van der Waals surface area contributed by atoms with Crippen molar-refractivity contribution in [2.75, 3.05) is 32.0 Å². The Morgan fingerprint density at radius 3 is 2.21 bits per heavy atom. The van der Waals surface area contributed by atoms with Gasteiger partial charge in [-0.2, -0.15) is 4.31 Å². The van der Waals surface area contributed by atoms with Crippen LogP contribution in [0.5, 0.6) is 0 Å². The van der Waals surface area contributed by atoms with Gasteiger partial charge in [0, 0.05) is 13.1 Å². The van der Waals surface area contributed by atoms with Gasteiger partial charge in [0.1, 0.15) is 5.82 Å². The Balaban J connectivity index is 3.25. The van der Waals surface area contributed by atoms with Crippen LogP contribution < -0.4 is 5.73 Å². The van der Waals surface area contributed by atoms with Crippen LogP contribution in [0.25, 0.3) is 0 Å². The Morgan fingerprint density at radius 1 is 1.26 bits per heavy atom. The highest BCUT2D eigenvalue weighted by Crippen LogP contribution is 2.23. The molecular weight excluding hydrogens is 275 g/mol. The van der Waals surface area contributed by atoms with Crippen molar-refractivity contribution in [1.82, 2.24) is 4.31 Å². The molecule has 1 aromatic carbocycles. The molecule has 0 aromatic heterocycles. The van der Waals surface area contributed by atoms with Gasteiger partial charge in [-0.15, -0.1) is 0 Å². The summed E-state index contributed by atoms with van der Waals surface area (Å²) in [6, 6.07) is 2.20. The molecule has 0 saturated heterocycles. The molecule has 0 fully saturated rings. The van der Waals surface area contributed by atoms with Gasteiger partial charge in [-0.1, -0.05) is 0 Å². The fourth-order valence-corrected chi connectivity index (χ4v) is 3.18. The van der Waals surface area contributed by atoms with Gasteiger partial charge in [-0.05, 0) is 24.6 Å². The zero-order valence-electron chi connectivity index (χ0n) is 10.5. The van der Waals surface area contributed by atoms with Gasteiger partial charge < -0.3 is 15.9 Å². The van der Waals surface area contributed by atoms with E-state index in [0.717, 1.165) is 10.4 Å². The summed E-state index contributed by atoms with van der Waals surface area (Å²) in [5, 5.41) is 17.7. The van der Waals surface area contributed by atoms with Crippen molar-refractivity contribution in [3.05, 3.63) is 23.5 Å². The molecule has 0 saturated carbocycles. The summed E-state index contributed by atoms with van der Waals surface area (Å²) in [7, 11) is -3.92. The molecule has 0 unspecified atom stereocenters. The predicted octanol–water partition coefficient (Wildman–Crippen LogP) is -0.308. The van der Waals surface area contributed by atoms with Crippen LogP contribution in [0.4, 0.5) is 10.1 Å². The molecule has 0 radical (unpaired) electrons. The van der Waals surface area contributed by atoms with Gasteiger partial charge >= 0.3 is 0 Å². The van der Waals surface area contributed by atoms with E-state index in [9.17, 15) is 12.8 Å². The molecule has 0 amide bonds. The Labute approximate surface area is 111 Å². The summed E-state index contributed by atoms with van der Waals surface area (Å²) < 4.78 is 38.8. The largest absolute Gasteiger partial charge is 0.396 e. The third kappa shape index (κ3) is 3.41. The zero-order chi connectivity index (χ0) is 14.6. The summed E-state index contributed by atoms with van der Waals surface area (Å²) in [5.74, 6) is -0.658. The van der Waals surface area contributed by atoms with Crippen molar-refractivity contribution in [3.63, 3.8) is 0 Å². The summed E-state index contributed by atoms with van der Waals surface area (Å²) in [6.45, 7) is 0.343. The first-order chi connectivity index (χ1) is 8.84. The fraction of sp³-hybridized carbons (Fsp3) is 0.455. The predicted molar refractivity (Wildman–Crippen MR) is 68.5 cm³/mol. The molecule has 0 aliphatic rings. The zero-order valence-corrected chi connectivity index (χ0v) is 11.3. The molecule has 0 bridgehead atoms. The lowest BCUT2D eigenvalue weighted by atomic mass is 10.2. The van der Waals surface area contributed by atoms with Crippen molar-refractivity contribution in [3.8, 4) is 0 Å². The smallest absolute Gasteiger partial charge is 0.243 e. The number of benzene rings is 1. The van der Waals surface area contributed by atoms with Crippen LogP contribution in [0.1, 0.15) is 5.56 Å². The lowest BCUT2D eigenvalue weighted by molar-refractivity contribution is 0.217. The van der Waals surface area contributed by atoms with E-state index >= 15 is 0 Å². The SMILES string of the molecule is Cc1cc(S(=O)(=O)N(CCO)CCO)cc(N)c1F. The Hall–Kier alpha value is -1.22. The van der Waals surface area contributed by atoms with E-state index in [0.29, 0.717) is 0 Å². The van der Waals surface area contributed by atoms with Gasteiger partial charge in [0.25, 0.3) is 0 Å². The highest BCUT2D eigenvalue weighted by molar-refractivity contribution is 7.89. The molecule has 108 valence electrons. The second-order valence-electron chi connectivity index (χ2n) is 3.99. The molecule has 6 nitrogen and oxygen atoms in total. The van der Waals surface area contributed by atoms with Crippen molar-refractivity contribution >= 4 is 15.7 Å². The van der Waals surface area contributed by atoms with Crippen LogP contribution in [0, 0.1) is 12.7 Å². The third-order valence-electron chi connectivity index (χ3n) is 2.59.